The molecule has 0 saturated carbocycles. The number of anilines is 1. The molecule has 0 fully saturated rings. The van der Waals surface area contributed by atoms with Gasteiger partial charge in [0, 0.05) is 32.9 Å². The molecule has 3 aromatic rings. The van der Waals surface area contributed by atoms with Gasteiger partial charge in [0.25, 0.3) is 0 Å². The first-order chi connectivity index (χ1) is 11.3. The molecule has 3 aromatic carbocycles. The summed E-state index contributed by atoms with van der Waals surface area (Å²) in [5, 5.41) is 6.67. The summed E-state index contributed by atoms with van der Waals surface area (Å²) < 4.78 is 0. The van der Waals surface area contributed by atoms with Gasteiger partial charge in [0.15, 0.2) is 0 Å². The summed E-state index contributed by atoms with van der Waals surface area (Å²) in [5.41, 5.74) is 1.06. The van der Waals surface area contributed by atoms with E-state index in [1.807, 2.05) is 12.1 Å². The summed E-state index contributed by atoms with van der Waals surface area (Å²) >= 11 is 13.6. The molecule has 0 amide bonds. The van der Waals surface area contributed by atoms with Gasteiger partial charge in [0.2, 0.25) is 0 Å². The molecule has 4 heteroatoms. The minimum Gasteiger partial charge on any atom is -0.384 e. The number of hydrogen-bond acceptors (Lipinski definition) is 2. The van der Waals surface area contributed by atoms with E-state index < -0.39 is 0 Å². The molecular formula is C19H17Cl2NS. The molecule has 0 unspecified atom stereocenters. The van der Waals surface area contributed by atoms with Crippen molar-refractivity contribution in [2.45, 2.75) is 16.2 Å². The molecule has 0 aliphatic heterocycles. The van der Waals surface area contributed by atoms with Crippen LogP contribution in [-0.4, -0.2) is 12.4 Å². The Labute approximate surface area is 151 Å². The summed E-state index contributed by atoms with van der Waals surface area (Å²) in [6.45, 7) is 0.842. The zero-order valence-electron chi connectivity index (χ0n) is 12.6. The average Bonchev–Trinajstić information content (AvgIpc) is 2.57. The Kier molecular flexibility index (Phi) is 5.71. The SMILES string of the molecule is ClCCCNc1cc(Cl)ccc1Sc1ccc2ccccc2c1. The number of alkyl halides is 1. The zero-order valence-corrected chi connectivity index (χ0v) is 14.9. The van der Waals surface area contributed by atoms with Gasteiger partial charge in [0.1, 0.15) is 0 Å². The molecule has 0 atom stereocenters. The molecule has 0 aliphatic carbocycles. The average molecular weight is 362 g/mol. The molecule has 23 heavy (non-hydrogen) atoms. The van der Waals surface area contributed by atoms with Crippen molar-refractivity contribution in [1.29, 1.82) is 0 Å². The van der Waals surface area contributed by atoms with Gasteiger partial charge in [-0.25, -0.2) is 0 Å². The van der Waals surface area contributed by atoms with Crippen LogP contribution >= 0.6 is 35.0 Å². The lowest BCUT2D eigenvalue weighted by molar-refractivity contribution is 0.982. The number of benzene rings is 3. The summed E-state index contributed by atoms with van der Waals surface area (Å²) in [6, 6.07) is 20.9. The van der Waals surface area contributed by atoms with Crippen molar-refractivity contribution in [2.24, 2.45) is 0 Å². The van der Waals surface area contributed by atoms with E-state index in [2.05, 4.69) is 53.8 Å². The maximum atomic E-state index is 6.14. The zero-order chi connectivity index (χ0) is 16.1. The molecule has 0 saturated heterocycles. The van der Waals surface area contributed by atoms with E-state index in [-0.39, 0.29) is 0 Å². The molecule has 0 radical (unpaired) electrons. The van der Waals surface area contributed by atoms with Gasteiger partial charge >= 0.3 is 0 Å². The van der Waals surface area contributed by atoms with Gasteiger partial charge in [-0.1, -0.05) is 53.7 Å². The van der Waals surface area contributed by atoms with Gasteiger partial charge in [-0.2, -0.15) is 0 Å². The van der Waals surface area contributed by atoms with Crippen molar-refractivity contribution in [1.82, 2.24) is 0 Å². The van der Waals surface area contributed by atoms with Crippen LogP contribution in [0.15, 0.2) is 70.5 Å². The monoisotopic (exact) mass is 361 g/mol. The van der Waals surface area contributed by atoms with Crippen LogP contribution in [0.2, 0.25) is 5.02 Å². The van der Waals surface area contributed by atoms with E-state index in [0.29, 0.717) is 5.88 Å². The van der Waals surface area contributed by atoms with Crippen LogP contribution in [0.5, 0.6) is 0 Å². The third-order valence-electron chi connectivity index (χ3n) is 3.52. The van der Waals surface area contributed by atoms with Crippen molar-refractivity contribution >= 4 is 51.4 Å². The molecule has 0 aromatic heterocycles. The lowest BCUT2D eigenvalue weighted by atomic mass is 10.1. The Morgan fingerprint density at radius 2 is 1.74 bits per heavy atom. The Balaban J connectivity index is 1.85. The fraction of sp³-hybridized carbons (Fsp3) is 0.158. The third kappa shape index (κ3) is 4.35. The van der Waals surface area contributed by atoms with E-state index in [1.54, 1.807) is 11.8 Å². The predicted octanol–water partition coefficient (Wildman–Crippen LogP) is 6.69. The van der Waals surface area contributed by atoms with Crippen LogP contribution in [-0.2, 0) is 0 Å². The number of fused-ring (bicyclic) bond motifs is 1. The van der Waals surface area contributed by atoms with Gasteiger partial charge in [-0.15, -0.1) is 11.6 Å². The fourth-order valence-electron chi connectivity index (χ4n) is 2.38. The Morgan fingerprint density at radius 3 is 2.57 bits per heavy atom. The van der Waals surface area contributed by atoms with Crippen LogP contribution in [0, 0.1) is 0 Å². The molecule has 1 N–H and O–H groups in total. The molecule has 0 aliphatic rings. The van der Waals surface area contributed by atoms with Crippen LogP contribution in [0.4, 0.5) is 5.69 Å². The second-order valence-corrected chi connectivity index (χ2v) is 7.15. The molecule has 3 rings (SSSR count). The van der Waals surface area contributed by atoms with Crippen molar-refractivity contribution in [3.63, 3.8) is 0 Å². The Bertz CT molecular complexity index is 804. The Morgan fingerprint density at radius 1 is 0.913 bits per heavy atom. The first-order valence-corrected chi connectivity index (χ1v) is 9.25. The molecule has 0 heterocycles. The molecular weight excluding hydrogens is 345 g/mol. The van der Waals surface area contributed by atoms with E-state index in [9.17, 15) is 0 Å². The summed E-state index contributed by atoms with van der Waals surface area (Å²) in [6.07, 6.45) is 0.925. The predicted molar refractivity (Wildman–Crippen MR) is 103 cm³/mol. The second-order valence-electron chi connectivity index (χ2n) is 5.22. The quantitative estimate of drug-likeness (QED) is 0.387. The lowest BCUT2D eigenvalue weighted by Gasteiger charge is -2.12. The highest BCUT2D eigenvalue weighted by Gasteiger charge is 2.06. The van der Waals surface area contributed by atoms with E-state index >= 15 is 0 Å². The second kappa shape index (κ2) is 7.96. The van der Waals surface area contributed by atoms with Crippen LogP contribution in [0.3, 0.4) is 0 Å². The number of rotatable bonds is 6. The van der Waals surface area contributed by atoms with Crippen molar-refractivity contribution < 1.29 is 0 Å². The van der Waals surface area contributed by atoms with Gasteiger partial charge in [-0.05, 0) is 47.5 Å². The fourth-order valence-corrected chi connectivity index (χ4v) is 3.64. The summed E-state index contributed by atoms with van der Waals surface area (Å²) in [4.78, 5) is 2.38. The van der Waals surface area contributed by atoms with Crippen molar-refractivity contribution in [3.05, 3.63) is 65.7 Å². The normalized spacial score (nSPS) is 10.9. The standard InChI is InChI=1S/C19H17Cl2NS/c20-10-3-11-22-18-13-16(21)7-9-19(18)23-17-8-6-14-4-1-2-5-15(14)12-17/h1-2,4-9,12-13,22H,3,10-11H2. The minimum absolute atomic E-state index is 0.653. The lowest BCUT2D eigenvalue weighted by Crippen LogP contribution is -2.03. The molecule has 1 nitrogen and oxygen atoms in total. The molecule has 0 bridgehead atoms. The molecule has 118 valence electrons. The highest BCUT2D eigenvalue weighted by Crippen LogP contribution is 2.36. The van der Waals surface area contributed by atoms with Gasteiger partial charge in [-0.3, -0.25) is 0 Å². The van der Waals surface area contributed by atoms with E-state index in [4.69, 9.17) is 23.2 Å². The maximum absolute atomic E-state index is 6.14. The largest absolute Gasteiger partial charge is 0.384 e. The van der Waals surface area contributed by atoms with Gasteiger partial charge in [0.05, 0.1) is 0 Å². The van der Waals surface area contributed by atoms with Crippen molar-refractivity contribution in [3.8, 4) is 0 Å². The number of hydrogen-bond donors (Lipinski definition) is 1. The number of nitrogens with one attached hydrogen (secondary N) is 1. The van der Waals surface area contributed by atoms with E-state index in [1.165, 1.54) is 20.6 Å². The number of halogens is 2. The smallest absolute Gasteiger partial charge is 0.0496 e. The maximum Gasteiger partial charge on any atom is 0.0496 e. The molecule has 0 spiro atoms. The summed E-state index contributed by atoms with van der Waals surface area (Å²) in [5.74, 6) is 0.653. The first-order valence-electron chi connectivity index (χ1n) is 7.52. The highest BCUT2D eigenvalue weighted by molar-refractivity contribution is 7.99. The van der Waals surface area contributed by atoms with Crippen molar-refractivity contribution in [2.75, 3.05) is 17.7 Å². The third-order valence-corrected chi connectivity index (χ3v) is 5.08. The van der Waals surface area contributed by atoms with Gasteiger partial charge < -0.3 is 5.32 Å². The summed E-state index contributed by atoms with van der Waals surface area (Å²) in [7, 11) is 0. The van der Waals surface area contributed by atoms with Crippen LogP contribution in [0.1, 0.15) is 6.42 Å². The first kappa shape index (κ1) is 16.5. The van der Waals surface area contributed by atoms with E-state index in [0.717, 1.165) is 23.7 Å². The minimum atomic E-state index is 0.653. The topological polar surface area (TPSA) is 12.0 Å². The van der Waals surface area contributed by atoms with Crippen LogP contribution < -0.4 is 5.32 Å². The Hall–Kier alpha value is -1.35. The highest BCUT2D eigenvalue weighted by atomic mass is 35.5. The van der Waals surface area contributed by atoms with Crippen LogP contribution in [0.25, 0.3) is 10.8 Å².